The number of morpholine rings is 1. The Balaban J connectivity index is 2.00. The van der Waals surface area contributed by atoms with Crippen LogP contribution in [0.2, 0.25) is 0 Å². The Morgan fingerprint density at radius 3 is 3.11 bits per heavy atom. The van der Waals surface area contributed by atoms with Gasteiger partial charge in [-0.1, -0.05) is 6.92 Å². The van der Waals surface area contributed by atoms with E-state index in [1.807, 2.05) is 11.8 Å². The second kappa shape index (κ2) is 12.0. The van der Waals surface area contributed by atoms with Crippen LogP contribution in [-0.4, -0.2) is 75.6 Å². The Bertz CT molecular complexity index is 208. The van der Waals surface area contributed by atoms with Gasteiger partial charge in [0, 0.05) is 32.8 Å². The second-order valence-corrected chi connectivity index (χ2v) is 5.94. The third-order valence-corrected chi connectivity index (χ3v) is 3.91. The Morgan fingerprint density at radius 2 is 2.32 bits per heavy atom. The first-order valence-corrected chi connectivity index (χ1v) is 8.87. The number of thioether (sulfide) groups is 1. The zero-order valence-corrected chi connectivity index (χ0v) is 13.3. The van der Waals surface area contributed by atoms with Crippen LogP contribution in [0.15, 0.2) is 0 Å². The molecule has 1 rings (SSSR count). The molecule has 1 N–H and O–H groups in total. The molecule has 0 bridgehead atoms. The minimum absolute atomic E-state index is 0.344. The van der Waals surface area contributed by atoms with Gasteiger partial charge in [-0.3, -0.25) is 4.90 Å². The molecule has 1 aliphatic rings. The standard InChI is InChI=1S/C14H30N2O2S/c1-3-5-15-12-14-13-16(7-10-18-14)6-9-17-8-4-11-19-2/h14-15H,3-13H2,1-2H3/t14-/m0/s1. The molecule has 114 valence electrons. The zero-order valence-electron chi connectivity index (χ0n) is 12.5. The highest BCUT2D eigenvalue weighted by atomic mass is 32.2. The lowest BCUT2D eigenvalue weighted by Gasteiger charge is -2.33. The van der Waals surface area contributed by atoms with Crippen molar-refractivity contribution in [1.29, 1.82) is 0 Å². The molecule has 0 saturated carbocycles. The van der Waals surface area contributed by atoms with Crippen LogP contribution < -0.4 is 5.32 Å². The third-order valence-electron chi connectivity index (χ3n) is 3.21. The van der Waals surface area contributed by atoms with E-state index >= 15 is 0 Å². The van der Waals surface area contributed by atoms with Crippen LogP contribution in [0.3, 0.4) is 0 Å². The predicted octanol–water partition coefficient (Wildman–Crippen LogP) is 1.46. The van der Waals surface area contributed by atoms with Gasteiger partial charge in [-0.05, 0) is 31.4 Å². The van der Waals surface area contributed by atoms with E-state index in [2.05, 4.69) is 23.4 Å². The summed E-state index contributed by atoms with van der Waals surface area (Å²) in [7, 11) is 0. The van der Waals surface area contributed by atoms with Crippen molar-refractivity contribution in [2.45, 2.75) is 25.9 Å². The molecule has 0 aliphatic carbocycles. The Hall–Kier alpha value is 0.190. The highest BCUT2D eigenvalue weighted by molar-refractivity contribution is 7.98. The van der Waals surface area contributed by atoms with E-state index in [1.165, 1.54) is 12.2 Å². The number of nitrogens with zero attached hydrogens (tertiary/aromatic N) is 1. The molecule has 1 aliphatic heterocycles. The van der Waals surface area contributed by atoms with E-state index in [4.69, 9.17) is 9.47 Å². The summed E-state index contributed by atoms with van der Waals surface area (Å²) >= 11 is 1.88. The summed E-state index contributed by atoms with van der Waals surface area (Å²) in [4.78, 5) is 2.45. The van der Waals surface area contributed by atoms with Gasteiger partial charge < -0.3 is 14.8 Å². The summed E-state index contributed by atoms with van der Waals surface area (Å²) in [6.45, 7) is 9.95. The average molecular weight is 290 g/mol. The summed E-state index contributed by atoms with van der Waals surface area (Å²) < 4.78 is 11.4. The highest BCUT2D eigenvalue weighted by Crippen LogP contribution is 2.04. The van der Waals surface area contributed by atoms with Gasteiger partial charge >= 0.3 is 0 Å². The van der Waals surface area contributed by atoms with Gasteiger partial charge in [0.1, 0.15) is 0 Å². The molecule has 19 heavy (non-hydrogen) atoms. The number of ether oxygens (including phenoxy) is 2. The summed E-state index contributed by atoms with van der Waals surface area (Å²) in [5.41, 5.74) is 0. The van der Waals surface area contributed by atoms with E-state index in [1.54, 1.807) is 0 Å². The van der Waals surface area contributed by atoms with Crippen molar-refractivity contribution >= 4 is 11.8 Å². The molecule has 0 unspecified atom stereocenters. The molecule has 0 amide bonds. The number of hydrogen-bond acceptors (Lipinski definition) is 5. The maximum absolute atomic E-state index is 5.77. The Labute approximate surface area is 122 Å². The van der Waals surface area contributed by atoms with Gasteiger partial charge in [0.25, 0.3) is 0 Å². The summed E-state index contributed by atoms with van der Waals surface area (Å²) in [6, 6.07) is 0. The molecular formula is C14H30N2O2S. The third kappa shape index (κ3) is 8.87. The molecule has 1 atom stereocenters. The first-order valence-electron chi connectivity index (χ1n) is 7.48. The van der Waals surface area contributed by atoms with Crippen molar-refractivity contribution in [2.24, 2.45) is 0 Å². The van der Waals surface area contributed by atoms with Crippen molar-refractivity contribution in [2.75, 3.05) is 64.6 Å². The van der Waals surface area contributed by atoms with Crippen molar-refractivity contribution < 1.29 is 9.47 Å². The topological polar surface area (TPSA) is 33.7 Å². The summed E-state index contributed by atoms with van der Waals surface area (Å²) in [5.74, 6) is 1.20. The quantitative estimate of drug-likeness (QED) is 0.583. The fraction of sp³-hybridized carbons (Fsp3) is 1.00. The van der Waals surface area contributed by atoms with Gasteiger partial charge in [0.05, 0.1) is 19.3 Å². The van der Waals surface area contributed by atoms with Crippen LogP contribution in [0.1, 0.15) is 19.8 Å². The van der Waals surface area contributed by atoms with Crippen molar-refractivity contribution in [3.8, 4) is 0 Å². The van der Waals surface area contributed by atoms with Crippen LogP contribution in [0.4, 0.5) is 0 Å². The van der Waals surface area contributed by atoms with E-state index in [0.29, 0.717) is 6.10 Å². The summed E-state index contributed by atoms with van der Waals surface area (Å²) in [5, 5.41) is 3.43. The molecule has 0 aromatic heterocycles. The molecule has 4 nitrogen and oxygen atoms in total. The van der Waals surface area contributed by atoms with Crippen molar-refractivity contribution in [3.63, 3.8) is 0 Å². The number of rotatable bonds is 11. The number of hydrogen-bond donors (Lipinski definition) is 1. The molecule has 0 aromatic rings. The largest absolute Gasteiger partial charge is 0.380 e. The van der Waals surface area contributed by atoms with Gasteiger partial charge in [-0.25, -0.2) is 0 Å². The average Bonchev–Trinajstić information content (AvgIpc) is 2.43. The van der Waals surface area contributed by atoms with Gasteiger partial charge in [-0.15, -0.1) is 0 Å². The minimum Gasteiger partial charge on any atom is -0.380 e. The molecule has 1 fully saturated rings. The van der Waals surface area contributed by atoms with Crippen molar-refractivity contribution in [1.82, 2.24) is 10.2 Å². The lowest BCUT2D eigenvalue weighted by molar-refractivity contribution is -0.0347. The van der Waals surface area contributed by atoms with Gasteiger partial charge in [-0.2, -0.15) is 11.8 Å². The van der Waals surface area contributed by atoms with Gasteiger partial charge in [0.15, 0.2) is 0 Å². The van der Waals surface area contributed by atoms with E-state index < -0.39 is 0 Å². The zero-order chi connectivity index (χ0) is 13.8. The molecule has 1 saturated heterocycles. The Kier molecular flexibility index (Phi) is 10.9. The molecule has 1 heterocycles. The fourth-order valence-corrected chi connectivity index (χ4v) is 2.55. The smallest absolute Gasteiger partial charge is 0.0826 e. The van der Waals surface area contributed by atoms with Crippen LogP contribution >= 0.6 is 11.8 Å². The number of nitrogens with one attached hydrogen (secondary N) is 1. The lowest BCUT2D eigenvalue weighted by atomic mass is 10.2. The second-order valence-electron chi connectivity index (χ2n) is 4.96. The van der Waals surface area contributed by atoms with Crippen LogP contribution in [0, 0.1) is 0 Å². The van der Waals surface area contributed by atoms with Crippen molar-refractivity contribution in [3.05, 3.63) is 0 Å². The molecule has 0 spiro atoms. The Morgan fingerprint density at radius 1 is 1.42 bits per heavy atom. The molecule has 0 radical (unpaired) electrons. The van der Waals surface area contributed by atoms with E-state index in [-0.39, 0.29) is 0 Å². The lowest BCUT2D eigenvalue weighted by Crippen LogP contribution is -2.47. The van der Waals surface area contributed by atoms with E-state index in [9.17, 15) is 0 Å². The van der Waals surface area contributed by atoms with Gasteiger partial charge in [0.2, 0.25) is 0 Å². The monoisotopic (exact) mass is 290 g/mol. The first-order chi connectivity index (χ1) is 9.36. The molecule has 0 aromatic carbocycles. The predicted molar refractivity (Wildman–Crippen MR) is 83.2 cm³/mol. The SMILES string of the molecule is CCCNC[C@H]1CN(CCOCCCSC)CCO1. The maximum Gasteiger partial charge on any atom is 0.0826 e. The maximum atomic E-state index is 5.77. The van der Waals surface area contributed by atoms with Crippen LogP contribution in [0.25, 0.3) is 0 Å². The van der Waals surface area contributed by atoms with E-state index in [0.717, 1.165) is 59.0 Å². The molecule has 5 heteroatoms. The van der Waals surface area contributed by atoms with Crippen LogP contribution in [-0.2, 0) is 9.47 Å². The molecular weight excluding hydrogens is 260 g/mol. The normalized spacial score (nSPS) is 20.8. The summed E-state index contributed by atoms with van der Waals surface area (Å²) in [6.07, 6.45) is 4.83. The van der Waals surface area contributed by atoms with Crippen LogP contribution in [0.5, 0.6) is 0 Å². The fourth-order valence-electron chi connectivity index (χ4n) is 2.15. The minimum atomic E-state index is 0.344. The first kappa shape index (κ1) is 17.2. The highest BCUT2D eigenvalue weighted by Gasteiger charge is 2.19.